The zero-order chi connectivity index (χ0) is 12.5. The van der Waals surface area contributed by atoms with E-state index >= 15 is 0 Å². The van der Waals surface area contributed by atoms with Crippen LogP contribution in [-0.2, 0) is 19.1 Å². The maximum atomic E-state index is 11.2. The first kappa shape index (κ1) is 12.7. The molecule has 4 heteroatoms. The van der Waals surface area contributed by atoms with Crippen molar-refractivity contribution in [1.82, 2.24) is 0 Å². The van der Waals surface area contributed by atoms with Crippen molar-refractivity contribution in [1.29, 1.82) is 0 Å². The zero-order valence-corrected chi connectivity index (χ0v) is 9.33. The fourth-order valence-electron chi connectivity index (χ4n) is 0.986. The normalized spacial score (nSPS) is 10.6. The van der Waals surface area contributed by atoms with Crippen LogP contribution in [0.1, 0.15) is 12.5 Å². The van der Waals surface area contributed by atoms with Crippen molar-refractivity contribution >= 4 is 18.0 Å². The summed E-state index contributed by atoms with van der Waals surface area (Å²) in [7, 11) is 0. The smallest absolute Gasteiger partial charge is 0.335 e. The summed E-state index contributed by atoms with van der Waals surface area (Å²) in [5.74, 6) is -1.02. The highest BCUT2D eigenvalue weighted by Crippen LogP contribution is 2.01. The summed E-state index contributed by atoms with van der Waals surface area (Å²) >= 11 is 0. The van der Waals surface area contributed by atoms with Crippen LogP contribution in [0.5, 0.6) is 0 Å². The first-order valence-corrected chi connectivity index (χ1v) is 4.94. The molecule has 0 aliphatic carbocycles. The highest BCUT2D eigenvalue weighted by atomic mass is 16.6. The van der Waals surface area contributed by atoms with Crippen molar-refractivity contribution in [2.45, 2.75) is 6.92 Å². The molecule has 88 valence electrons. The molecule has 0 aliphatic heterocycles. The fraction of sp³-hybridized carbons (Fsp3) is 0.0769. The molecular formula is C13H12O4. The van der Waals surface area contributed by atoms with Crippen molar-refractivity contribution in [2.75, 3.05) is 0 Å². The molecule has 0 radical (unpaired) electrons. The molecule has 0 atom stereocenters. The van der Waals surface area contributed by atoms with E-state index in [1.54, 1.807) is 6.08 Å². The lowest BCUT2D eigenvalue weighted by molar-refractivity contribution is -0.137. The molecule has 0 bridgehead atoms. The van der Waals surface area contributed by atoms with E-state index < -0.39 is 11.9 Å². The Bertz CT molecular complexity index is 432. The van der Waals surface area contributed by atoms with Gasteiger partial charge in [0, 0.05) is 13.0 Å². The van der Waals surface area contributed by atoms with Crippen LogP contribution in [-0.4, -0.2) is 11.9 Å². The largest absolute Gasteiger partial charge is 0.431 e. The molecule has 4 nitrogen and oxygen atoms in total. The number of benzene rings is 1. The van der Waals surface area contributed by atoms with E-state index in [4.69, 9.17) is 0 Å². The Hall–Kier alpha value is -2.36. The van der Waals surface area contributed by atoms with Gasteiger partial charge < -0.3 is 9.47 Å². The molecule has 0 heterocycles. The van der Waals surface area contributed by atoms with Crippen LogP contribution < -0.4 is 0 Å². The molecule has 0 fully saturated rings. The molecule has 1 rings (SSSR count). The quantitative estimate of drug-likeness (QED) is 0.454. The summed E-state index contributed by atoms with van der Waals surface area (Å²) < 4.78 is 9.06. The third-order valence-corrected chi connectivity index (χ3v) is 1.69. The van der Waals surface area contributed by atoms with E-state index in [9.17, 15) is 9.59 Å². The van der Waals surface area contributed by atoms with Gasteiger partial charge in [-0.3, -0.25) is 4.79 Å². The summed E-state index contributed by atoms with van der Waals surface area (Å²) in [6.07, 6.45) is 4.94. The summed E-state index contributed by atoms with van der Waals surface area (Å²) in [5.41, 5.74) is 0.897. The van der Waals surface area contributed by atoms with E-state index in [-0.39, 0.29) is 0 Å². The first-order chi connectivity index (χ1) is 8.18. The predicted octanol–water partition coefficient (Wildman–Crippen LogP) is 2.28. The van der Waals surface area contributed by atoms with Crippen molar-refractivity contribution in [2.24, 2.45) is 0 Å². The molecular weight excluding hydrogens is 220 g/mol. The number of carbonyl (C=O) groups is 2. The highest BCUT2D eigenvalue weighted by molar-refractivity contribution is 5.87. The first-order valence-electron chi connectivity index (χ1n) is 4.94. The highest BCUT2D eigenvalue weighted by Gasteiger charge is 1.93. The number of ether oxygens (including phenoxy) is 2. The Morgan fingerprint density at radius 2 is 1.71 bits per heavy atom. The monoisotopic (exact) mass is 232 g/mol. The number of hydrogen-bond acceptors (Lipinski definition) is 4. The molecule has 1 aromatic carbocycles. The van der Waals surface area contributed by atoms with Gasteiger partial charge in [0.2, 0.25) is 0 Å². The van der Waals surface area contributed by atoms with Crippen LogP contribution in [0.15, 0.2) is 48.9 Å². The van der Waals surface area contributed by atoms with Gasteiger partial charge in [-0.2, -0.15) is 0 Å². The molecule has 0 aliphatic rings. The van der Waals surface area contributed by atoms with Crippen LogP contribution >= 0.6 is 0 Å². The van der Waals surface area contributed by atoms with Crippen LogP contribution in [0.4, 0.5) is 0 Å². The van der Waals surface area contributed by atoms with E-state index in [1.165, 1.54) is 13.0 Å². The van der Waals surface area contributed by atoms with Gasteiger partial charge in [-0.1, -0.05) is 30.3 Å². The van der Waals surface area contributed by atoms with Gasteiger partial charge in [0.05, 0.1) is 0 Å². The van der Waals surface area contributed by atoms with E-state index in [0.717, 1.165) is 18.1 Å². The fourth-order valence-corrected chi connectivity index (χ4v) is 0.986. The third kappa shape index (κ3) is 5.94. The number of carbonyl (C=O) groups excluding carboxylic acids is 2. The minimum atomic E-state index is -0.544. The second-order valence-electron chi connectivity index (χ2n) is 3.06. The maximum Gasteiger partial charge on any atom is 0.335 e. The van der Waals surface area contributed by atoms with Gasteiger partial charge in [0.1, 0.15) is 12.5 Å². The van der Waals surface area contributed by atoms with Gasteiger partial charge in [-0.15, -0.1) is 0 Å². The van der Waals surface area contributed by atoms with Crippen molar-refractivity contribution in [3.63, 3.8) is 0 Å². The number of rotatable bonds is 4. The number of hydrogen-bond donors (Lipinski definition) is 0. The summed E-state index contributed by atoms with van der Waals surface area (Å²) in [6.45, 7) is 1.25. The summed E-state index contributed by atoms with van der Waals surface area (Å²) in [6, 6.07) is 9.34. The molecule has 17 heavy (non-hydrogen) atoms. The third-order valence-electron chi connectivity index (χ3n) is 1.69. The van der Waals surface area contributed by atoms with E-state index in [1.807, 2.05) is 30.3 Å². The molecule has 0 saturated heterocycles. The molecule has 0 saturated carbocycles. The van der Waals surface area contributed by atoms with Crippen molar-refractivity contribution in [3.05, 3.63) is 54.5 Å². The average Bonchev–Trinajstić information content (AvgIpc) is 2.33. The maximum absolute atomic E-state index is 11.2. The lowest BCUT2D eigenvalue weighted by Gasteiger charge is -1.94. The molecule has 0 amide bonds. The van der Waals surface area contributed by atoms with Crippen LogP contribution in [0, 0.1) is 0 Å². The number of esters is 2. The zero-order valence-electron chi connectivity index (χ0n) is 9.33. The molecule has 0 unspecified atom stereocenters. The Morgan fingerprint density at radius 1 is 1.06 bits per heavy atom. The standard InChI is InChI=1S/C13H12O4/c1-11(14)16-9-10-17-13(15)8-7-12-5-3-2-4-6-12/h2-10H,1H3/b8-7+,10-9?. The molecule has 1 aromatic rings. The second-order valence-corrected chi connectivity index (χ2v) is 3.06. The second kappa shape index (κ2) is 7.00. The Labute approximate surface area is 99.2 Å². The minimum Gasteiger partial charge on any atom is -0.431 e. The van der Waals surface area contributed by atoms with E-state index in [2.05, 4.69) is 9.47 Å². The van der Waals surface area contributed by atoms with Gasteiger partial charge in [-0.25, -0.2) is 4.79 Å². The lowest BCUT2D eigenvalue weighted by Crippen LogP contribution is -1.95. The van der Waals surface area contributed by atoms with Crippen molar-refractivity contribution < 1.29 is 19.1 Å². The Morgan fingerprint density at radius 3 is 2.35 bits per heavy atom. The van der Waals surface area contributed by atoms with E-state index in [0.29, 0.717) is 0 Å². The summed E-state index contributed by atoms with van der Waals surface area (Å²) in [4.78, 5) is 21.5. The average molecular weight is 232 g/mol. The lowest BCUT2D eigenvalue weighted by atomic mass is 10.2. The SMILES string of the molecule is CC(=O)OC=COC(=O)/C=C/c1ccccc1. The van der Waals surface area contributed by atoms with Gasteiger partial charge in [-0.05, 0) is 11.6 Å². The topological polar surface area (TPSA) is 52.6 Å². The Balaban J connectivity index is 2.37. The molecule has 0 aromatic heterocycles. The minimum absolute atomic E-state index is 0.475. The van der Waals surface area contributed by atoms with Gasteiger partial charge >= 0.3 is 11.9 Å². The van der Waals surface area contributed by atoms with Gasteiger partial charge in [0.25, 0.3) is 0 Å². The van der Waals surface area contributed by atoms with Crippen LogP contribution in [0.2, 0.25) is 0 Å². The summed E-state index contributed by atoms with van der Waals surface area (Å²) in [5, 5.41) is 0. The molecule has 0 spiro atoms. The van der Waals surface area contributed by atoms with Crippen molar-refractivity contribution in [3.8, 4) is 0 Å². The van der Waals surface area contributed by atoms with Crippen LogP contribution in [0.25, 0.3) is 6.08 Å². The van der Waals surface area contributed by atoms with Gasteiger partial charge in [0.15, 0.2) is 0 Å². The Kier molecular flexibility index (Phi) is 5.24. The predicted molar refractivity (Wildman–Crippen MR) is 62.5 cm³/mol. The molecule has 0 N–H and O–H groups in total. The van der Waals surface area contributed by atoms with Crippen LogP contribution in [0.3, 0.4) is 0 Å².